The van der Waals surface area contributed by atoms with Crippen molar-refractivity contribution in [2.45, 2.75) is 12.8 Å². The van der Waals surface area contributed by atoms with Gasteiger partial charge in [0.15, 0.2) is 0 Å². The minimum atomic E-state index is -1.11. The van der Waals surface area contributed by atoms with Crippen molar-refractivity contribution < 1.29 is 13.1 Å². The van der Waals surface area contributed by atoms with Crippen molar-refractivity contribution in [2.75, 3.05) is 0 Å². The van der Waals surface area contributed by atoms with Gasteiger partial charge >= 0.3 is 11.8 Å². The van der Waals surface area contributed by atoms with E-state index in [0.717, 1.165) is 0 Å². The molecule has 5 heteroatoms. The second kappa shape index (κ2) is 1.94. The van der Waals surface area contributed by atoms with Gasteiger partial charge in [0, 0.05) is 3.52 Å². The summed E-state index contributed by atoms with van der Waals surface area (Å²) in [4.78, 5) is 21.2. The first kappa shape index (κ1) is 6.99. The average molecular weight is 169 g/mol. The number of hydrogen-bond acceptors (Lipinski definition) is 2. The minimum absolute atomic E-state index is 0.159. The molecule has 3 nitrogen and oxygen atoms in total. The van der Waals surface area contributed by atoms with E-state index in [9.17, 15) is 9.59 Å². The van der Waals surface area contributed by atoms with Crippen LogP contribution < -0.4 is 0 Å². The molecule has 0 aromatic rings. The Labute approximate surface area is 62.0 Å². The van der Waals surface area contributed by atoms with E-state index in [2.05, 4.69) is 0 Å². The van der Waals surface area contributed by atoms with Crippen LogP contribution in [0.15, 0.2) is 0 Å². The Hall–Kier alpha value is -0.120. The molecule has 1 saturated heterocycles. The molecule has 0 saturated carbocycles. The van der Waals surface area contributed by atoms with E-state index < -0.39 is 15.3 Å². The van der Waals surface area contributed by atoms with Crippen LogP contribution in [0.4, 0.5) is 0 Å². The molecule has 0 aromatic carbocycles. The average Bonchev–Trinajstić information content (AvgIpc) is 1.96. The predicted molar refractivity (Wildman–Crippen MR) is 31.2 cm³/mol. The highest BCUT2D eigenvalue weighted by Gasteiger charge is 2.49. The SMILES string of the molecule is O=C1CCC(=O)[N+]1(Cl)Cl. The van der Waals surface area contributed by atoms with Gasteiger partial charge in [-0.15, -0.1) is 0 Å². The Morgan fingerprint density at radius 2 is 1.44 bits per heavy atom. The summed E-state index contributed by atoms with van der Waals surface area (Å²) in [6, 6.07) is 0. The van der Waals surface area contributed by atoms with Gasteiger partial charge in [-0.3, -0.25) is 0 Å². The molecular weight excluding hydrogens is 165 g/mol. The third-order valence-corrected chi connectivity index (χ3v) is 1.93. The van der Waals surface area contributed by atoms with Crippen molar-refractivity contribution in [1.29, 1.82) is 0 Å². The number of carbonyl (C=O) groups is 2. The highest BCUT2D eigenvalue weighted by atomic mass is 35.5. The largest absolute Gasteiger partial charge is 0.357 e. The van der Waals surface area contributed by atoms with Crippen LogP contribution >= 0.6 is 23.6 Å². The summed E-state index contributed by atoms with van der Waals surface area (Å²) in [5.74, 6) is -0.883. The maximum Gasteiger partial charge on any atom is 0.357 e. The maximum atomic E-state index is 10.6. The second-order valence-corrected chi connectivity index (χ2v) is 2.99. The monoisotopic (exact) mass is 168 g/mol. The third-order valence-electron chi connectivity index (χ3n) is 1.18. The summed E-state index contributed by atoms with van der Waals surface area (Å²) in [5.41, 5.74) is 0. The molecule has 0 spiro atoms. The van der Waals surface area contributed by atoms with Crippen LogP contribution in [0.5, 0.6) is 0 Å². The lowest BCUT2D eigenvalue weighted by Crippen LogP contribution is -2.32. The van der Waals surface area contributed by atoms with E-state index in [4.69, 9.17) is 23.6 Å². The number of halogens is 2. The van der Waals surface area contributed by atoms with Crippen LogP contribution in [0.2, 0.25) is 0 Å². The van der Waals surface area contributed by atoms with Gasteiger partial charge in [0.25, 0.3) is 0 Å². The van der Waals surface area contributed by atoms with Crippen LogP contribution in [0, 0.1) is 0 Å². The van der Waals surface area contributed by atoms with Crippen LogP contribution in [0.3, 0.4) is 0 Å². The molecule has 0 bridgehead atoms. The van der Waals surface area contributed by atoms with E-state index in [1.54, 1.807) is 0 Å². The van der Waals surface area contributed by atoms with Crippen molar-refractivity contribution in [1.82, 2.24) is 0 Å². The molecule has 0 radical (unpaired) electrons. The Kier molecular flexibility index (Phi) is 1.50. The first-order valence-electron chi connectivity index (χ1n) is 2.40. The van der Waals surface area contributed by atoms with Gasteiger partial charge in [-0.2, -0.15) is 0 Å². The molecule has 50 valence electrons. The number of rotatable bonds is 0. The van der Waals surface area contributed by atoms with Crippen molar-refractivity contribution in [3.05, 3.63) is 0 Å². The van der Waals surface area contributed by atoms with Gasteiger partial charge in [0.2, 0.25) is 23.6 Å². The van der Waals surface area contributed by atoms with Gasteiger partial charge < -0.3 is 0 Å². The van der Waals surface area contributed by atoms with Crippen LogP contribution in [-0.4, -0.2) is 15.3 Å². The molecule has 1 aliphatic rings. The molecule has 0 unspecified atom stereocenters. The highest BCUT2D eigenvalue weighted by molar-refractivity contribution is 6.36. The summed E-state index contributed by atoms with van der Waals surface area (Å²) < 4.78 is -1.11. The van der Waals surface area contributed by atoms with E-state index in [1.807, 2.05) is 0 Å². The summed E-state index contributed by atoms with van der Waals surface area (Å²) in [6.07, 6.45) is 0.317. The van der Waals surface area contributed by atoms with Gasteiger partial charge in [-0.1, -0.05) is 0 Å². The van der Waals surface area contributed by atoms with E-state index in [1.165, 1.54) is 0 Å². The fourth-order valence-electron chi connectivity index (χ4n) is 0.634. The van der Waals surface area contributed by atoms with Crippen LogP contribution in [-0.2, 0) is 9.59 Å². The molecule has 9 heavy (non-hydrogen) atoms. The van der Waals surface area contributed by atoms with Crippen LogP contribution in [0.25, 0.3) is 0 Å². The first-order chi connectivity index (χ1) is 4.05. The number of quaternary nitrogens is 1. The standard InChI is InChI=1S/C4H4Cl2NO2/c5-7(6)3(8)1-2-4(7)9/h1-2H2/q+1. The molecule has 1 aliphatic heterocycles. The van der Waals surface area contributed by atoms with Crippen molar-refractivity contribution >= 4 is 35.4 Å². The number of imide groups is 1. The van der Waals surface area contributed by atoms with E-state index in [-0.39, 0.29) is 12.8 Å². The predicted octanol–water partition coefficient (Wildman–Crippen LogP) is 0.958. The maximum absolute atomic E-state index is 10.6. The van der Waals surface area contributed by atoms with Crippen molar-refractivity contribution in [3.8, 4) is 0 Å². The van der Waals surface area contributed by atoms with Gasteiger partial charge in [-0.25, -0.2) is 9.59 Å². The minimum Gasteiger partial charge on any atom is -0.227 e. The summed E-state index contributed by atoms with van der Waals surface area (Å²) in [6.45, 7) is 0. The molecule has 0 N–H and O–H groups in total. The van der Waals surface area contributed by atoms with E-state index >= 15 is 0 Å². The third kappa shape index (κ3) is 0.956. The topological polar surface area (TPSA) is 34.1 Å². The molecule has 1 fully saturated rings. The van der Waals surface area contributed by atoms with Gasteiger partial charge in [0.05, 0.1) is 12.8 Å². The fraction of sp³-hybridized carbons (Fsp3) is 0.500. The zero-order valence-corrected chi connectivity index (χ0v) is 5.95. The normalized spacial score (nSPS) is 25.1. The summed E-state index contributed by atoms with van der Waals surface area (Å²) >= 11 is 10.5. The molecule has 1 rings (SSSR count). The smallest absolute Gasteiger partial charge is 0.227 e. The number of carbonyl (C=O) groups excluding carboxylic acids is 2. The first-order valence-corrected chi connectivity index (χ1v) is 3.08. The van der Waals surface area contributed by atoms with Crippen molar-refractivity contribution in [3.63, 3.8) is 0 Å². The summed E-state index contributed by atoms with van der Waals surface area (Å²) in [7, 11) is 0. The van der Waals surface area contributed by atoms with Crippen LogP contribution in [0.1, 0.15) is 12.8 Å². The van der Waals surface area contributed by atoms with Crippen molar-refractivity contribution in [2.24, 2.45) is 0 Å². The Bertz CT molecular complexity index is 159. The highest BCUT2D eigenvalue weighted by Crippen LogP contribution is 2.28. The quantitative estimate of drug-likeness (QED) is 0.399. The molecule has 0 aliphatic carbocycles. The second-order valence-electron chi connectivity index (χ2n) is 1.80. The molecule has 2 amide bonds. The Balaban J connectivity index is 2.91. The van der Waals surface area contributed by atoms with Gasteiger partial charge in [-0.05, 0) is 0 Å². The Morgan fingerprint density at radius 1 is 1.11 bits per heavy atom. The lowest BCUT2D eigenvalue weighted by Gasteiger charge is -2.02. The molecule has 0 atom stereocenters. The zero-order chi connectivity index (χ0) is 7.07. The lowest BCUT2D eigenvalue weighted by atomic mass is 10.4. The zero-order valence-electron chi connectivity index (χ0n) is 4.43. The lowest BCUT2D eigenvalue weighted by molar-refractivity contribution is -0.517. The molecular formula is C4H4Cl2NO2+. The summed E-state index contributed by atoms with van der Waals surface area (Å²) in [5, 5.41) is 0. The molecule has 1 heterocycles. The fourth-order valence-corrected chi connectivity index (χ4v) is 0.972. The number of amides is 2. The number of hydrogen-bond donors (Lipinski definition) is 0. The van der Waals surface area contributed by atoms with E-state index in [0.29, 0.717) is 0 Å². The number of nitrogens with zero attached hydrogens (tertiary/aromatic N) is 1. The Morgan fingerprint density at radius 3 is 1.56 bits per heavy atom. The van der Waals surface area contributed by atoms with Gasteiger partial charge in [0.1, 0.15) is 0 Å². The molecule has 0 aromatic heterocycles.